The van der Waals surface area contributed by atoms with Gasteiger partial charge in [-0.25, -0.2) is 5.43 Å². The molecule has 3 heteroatoms. The van der Waals surface area contributed by atoms with E-state index in [1.165, 1.54) is 16.7 Å². The predicted molar refractivity (Wildman–Crippen MR) is 95.9 cm³/mol. The number of hydrogen-bond donors (Lipinski definition) is 1. The zero-order valence-corrected chi connectivity index (χ0v) is 14.5. The average molecular weight is 308 g/mol. The molecule has 0 bridgehead atoms. The topological polar surface area (TPSA) is 41.5 Å². The van der Waals surface area contributed by atoms with Crippen molar-refractivity contribution in [2.24, 2.45) is 5.10 Å². The first-order chi connectivity index (χ1) is 10.9. The molecule has 2 rings (SSSR count). The van der Waals surface area contributed by atoms with E-state index in [2.05, 4.69) is 42.6 Å². The molecule has 120 valence electrons. The number of hydrogen-bond acceptors (Lipinski definition) is 2. The highest BCUT2D eigenvalue weighted by Crippen LogP contribution is 2.12. The van der Waals surface area contributed by atoms with Gasteiger partial charge in [0.15, 0.2) is 0 Å². The molecule has 0 aliphatic carbocycles. The van der Waals surface area contributed by atoms with Crippen LogP contribution in [0.5, 0.6) is 0 Å². The summed E-state index contributed by atoms with van der Waals surface area (Å²) in [6.45, 7) is 10.1. The van der Waals surface area contributed by atoms with Crippen LogP contribution in [0.25, 0.3) is 0 Å². The Morgan fingerprint density at radius 2 is 1.70 bits per heavy atom. The molecule has 2 aromatic carbocycles. The number of amides is 1. The number of nitrogens with one attached hydrogen (secondary N) is 1. The molecule has 0 heterocycles. The van der Waals surface area contributed by atoms with Crippen molar-refractivity contribution in [2.75, 3.05) is 0 Å². The Kier molecular flexibility index (Phi) is 5.32. The van der Waals surface area contributed by atoms with Gasteiger partial charge in [-0.05, 0) is 68.5 Å². The highest BCUT2D eigenvalue weighted by atomic mass is 16.2. The fourth-order valence-corrected chi connectivity index (χ4v) is 2.43. The van der Waals surface area contributed by atoms with Crippen molar-refractivity contribution < 1.29 is 4.79 Å². The van der Waals surface area contributed by atoms with Crippen LogP contribution in [0.4, 0.5) is 0 Å². The van der Waals surface area contributed by atoms with Gasteiger partial charge in [-0.2, -0.15) is 5.10 Å². The molecular weight excluding hydrogens is 284 g/mol. The molecule has 0 saturated carbocycles. The molecule has 0 atom stereocenters. The first-order valence-corrected chi connectivity index (χ1v) is 7.83. The molecule has 0 aliphatic rings. The summed E-state index contributed by atoms with van der Waals surface area (Å²) in [5, 5.41) is 4.23. The van der Waals surface area contributed by atoms with Gasteiger partial charge in [0.05, 0.1) is 12.1 Å². The van der Waals surface area contributed by atoms with Crippen LogP contribution in [0.15, 0.2) is 41.5 Å². The van der Waals surface area contributed by atoms with Gasteiger partial charge in [0.1, 0.15) is 0 Å². The van der Waals surface area contributed by atoms with Crippen molar-refractivity contribution in [3.05, 3.63) is 69.8 Å². The fraction of sp³-hybridized carbons (Fsp3) is 0.300. The summed E-state index contributed by atoms with van der Waals surface area (Å²) in [7, 11) is 0. The monoisotopic (exact) mass is 308 g/mol. The third-order valence-corrected chi connectivity index (χ3v) is 4.12. The standard InChI is InChI=1S/C20H24N2O/c1-13-6-8-18(16(4)10-13)12-20(23)22-21-17(5)19-9-7-14(2)15(3)11-19/h6-11H,12H2,1-5H3,(H,22,23)/b21-17+. The summed E-state index contributed by atoms with van der Waals surface area (Å²) in [6.07, 6.45) is 0.343. The fourth-order valence-electron chi connectivity index (χ4n) is 2.43. The number of benzene rings is 2. The van der Waals surface area contributed by atoms with Crippen molar-refractivity contribution in [3.8, 4) is 0 Å². The van der Waals surface area contributed by atoms with Crippen molar-refractivity contribution in [1.82, 2.24) is 5.43 Å². The summed E-state index contributed by atoms with van der Waals surface area (Å²) in [5.41, 5.74) is 10.3. The van der Waals surface area contributed by atoms with E-state index in [9.17, 15) is 4.79 Å². The molecule has 2 aromatic rings. The van der Waals surface area contributed by atoms with E-state index < -0.39 is 0 Å². The maximum atomic E-state index is 12.1. The first-order valence-electron chi connectivity index (χ1n) is 7.83. The van der Waals surface area contributed by atoms with E-state index in [1.54, 1.807) is 0 Å². The van der Waals surface area contributed by atoms with Gasteiger partial charge in [0.25, 0.3) is 0 Å². The van der Waals surface area contributed by atoms with Crippen molar-refractivity contribution in [1.29, 1.82) is 0 Å². The molecule has 3 nitrogen and oxygen atoms in total. The Labute approximate surface area is 138 Å². The lowest BCUT2D eigenvalue weighted by atomic mass is 10.0. The number of aryl methyl sites for hydroxylation is 4. The van der Waals surface area contributed by atoms with Crippen LogP contribution in [-0.2, 0) is 11.2 Å². The molecule has 1 amide bonds. The Bertz CT molecular complexity index is 760. The van der Waals surface area contributed by atoms with Gasteiger partial charge in [-0.3, -0.25) is 4.79 Å². The lowest BCUT2D eigenvalue weighted by Crippen LogP contribution is -2.21. The van der Waals surface area contributed by atoms with Gasteiger partial charge < -0.3 is 0 Å². The minimum atomic E-state index is -0.0971. The van der Waals surface area contributed by atoms with Crippen LogP contribution >= 0.6 is 0 Å². The lowest BCUT2D eigenvalue weighted by molar-refractivity contribution is -0.120. The maximum Gasteiger partial charge on any atom is 0.244 e. The van der Waals surface area contributed by atoms with Crippen molar-refractivity contribution in [2.45, 2.75) is 41.0 Å². The van der Waals surface area contributed by atoms with Gasteiger partial charge in [-0.15, -0.1) is 0 Å². The smallest absolute Gasteiger partial charge is 0.244 e. The van der Waals surface area contributed by atoms with E-state index in [0.29, 0.717) is 6.42 Å². The molecule has 0 radical (unpaired) electrons. The predicted octanol–water partition coefficient (Wildman–Crippen LogP) is 4.00. The zero-order chi connectivity index (χ0) is 17.0. The molecule has 23 heavy (non-hydrogen) atoms. The summed E-state index contributed by atoms with van der Waals surface area (Å²) >= 11 is 0. The number of carbonyl (C=O) groups is 1. The largest absolute Gasteiger partial charge is 0.273 e. The molecule has 0 aliphatic heterocycles. The van der Waals surface area contributed by atoms with Crippen molar-refractivity contribution in [3.63, 3.8) is 0 Å². The highest BCUT2D eigenvalue weighted by molar-refractivity contribution is 5.99. The number of hydrazone groups is 1. The normalized spacial score (nSPS) is 11.4. The van der Waals surface area contributed by atoms with Crippen LogP contribution in [0.3, 0.4) is 0 Å². The summed E-state index contributed by atoms with van der Waals surface area (Å²) < 4.78 is 0. The molecular formula is C20H24N2O. The second-order valence-corrected chi connectivity index (χ2v) is 6.14. The van der Waals surface area contributed by atoms with E-state index in [4.69, 9.17) is 0 Å². The SMILES string of the molecule is C/C(=N\NC(=O)Cc1ccc(C)cc1C)c1ccc(C)c(C)c1. The molecule has 0 aromatic heterocycles. The zero-order valence-electron chi connectivity index (χ0n) is 14.5. The van der Waals surface area contributed by atoms with Crippen molar-refractivity contribution >= 4 is 11.6 Å². The van der Waals surface area contributed by atoms with Gasteiger partial charge in [-0.1, -0.05) is 35.9 Å². The lowest BCUT2D eigenvalue weighted by Gasteiger charge is -2.07. The molecule has 1 N–H and O–H groups in total. The highest BCUT2D eigenvalue weighted by Gasteiger charge is 2.06. The number of nitrogens with zero attached hydrogens (tertiary/aromatic N) is 1. The maximum absolute atomic E-state index is 12.1. The number of carbonyl (C=O) groups excluding carboxylic acids is 1. The Morgan fingerprint density at radius 3 is 2.35 bits per heavy atom. The molecule has 0 fully saturated rings. The quantitative estimate of drug-likeness (QED) is 0.673. The minimum absolute atomic E-state index is 0.0971. The van der Waals surface area contributed by atoms with E-state index in [0.717, 1.165) is 22.4 Å². The van der Waals surface area contributed by atoms with Gasteiger partial charge >= 0.3 is 0 Å². The van der Waals surface area contributed by atoms with E-state index >= 15 is 0 Å². The molecule has 0 spiro atoms. The summed E-state index contributed by atoms with van der Waals surface area (Å²) in [6, 6.07) is 12.3. The van der Waals surface area contributed by atoms with E-state index in [1.807, 2.05) is 39.0 Å². The van der Waals surface area contributed by atoms with Crippen LogP contribution in [0, 0.1) is 27.7 Å². The second-order valence-electron chi connectivity index (χ2n) is 6.14. The first kappa shape index (κ1) is 16.9. The van der Waals surface area contributed by atoms with Crippen LogP contribution in [0.1, 0.15) is 40.3 Å². The Hall–Kier alpha value is -2.42. The van der Waals surface area contributed by atoms with Crippen LogP contribution in [0.2, 0.25) is 0 Å². The third-order valence-electron chi connectivity index (χ3n) is 4.12. The second kappa shape index (κ2) is 7.23. The third kappa shape index (κ3) is 4.52. The summed E-state index contributed by atoms with van der Waals surface area (Å²) in [4.78, 5) is 12.1. The van der Waals surface area contributed by atoms with Gasteiger partial charge in [0.2, 0.25) is 5.91 Å². The van der Waals surface area contributed by atoms with Crippen LogP contribution < -0.4 is 5.43 Å². The molecule has 0 saturated heterocycles. The number of rotatable bonds is 4. The van der Waals surface area contributed by atoms with E-state index in [-0.39, 0.29) is 5.91 Å². The Morgan fingerprint density at radius 1 is 0.957 bits per heavy atom. The minimum Gasteiger partial charge on any atom is -0.273 e. The van der Waals surface area contributed by atoms with Gasteiger partial charge in [0, 0.05) is 0 Å². The average Bonchev–Trinajstić information content (AvgIpc) is 2.50. The summed E-state index contributed by atoms with van der Waals surface area (Å²) in [5.74, 6) is -0.0971. The van der Waals surface area contributed by atoms with Crippen LogP contribution in [-0.4, -0.2) is 11.6 Å². The Balaban J connectivity index is 2.03. The molecule has 0 unspecified atom stereocenters.